The summed E-state index contributed by atoms with van der Waals surface area (Å²) in [5.41, 5.74) is 2.98. The van der Waals surface area contributed by atoms with Crippen molar-refractivity contribution in [2.24, 2.45) is 0 Å². The van der Waals surface area contributed by atoms with E-state index in [0.717, 1.165) is 43.9 Å². The maximum atomic E-state index is 11.9. The molecular weight excluding hydrogens is 254 g/mol. The van der Waals surface area contributed by atoms with Gasteiger partial charge in [-0.3, -0.25) is 9.69 Å². The van der Waals surface area contributed by atoms with Crippen LogP contribution in [0.3, 0.4) is 0 Å². The van der Waals surface area contributed by atoms with Crippen molar-refractivity contribution >= 4 is 5.78 Å². The number of carbonyl (C=O) groups is 1. The first-order valence-electron chi connectivity index (χ1n) is 7.45. The summed E-state index contributed by atoms with van der Waals surface area (Å²) >= 11 is 0. The number of carbonyl (C=O) groups excluding carboxylic acids is 1. The Kier molecular flexibility index (Phi) is 1.98. The quantitative estimate of drug-likeness (QED) is 0.723. The van der Waals surface area contributed by atoms with E-state index in [1.807, 2.05) is 0 Å². The summed E-state index contributed by atoms with van der Waals surface area (Å²) in [6.45, 7) is 2.39. The number of hydrogen-bond donors (Lipinski definition) is 0. The van der Waals surface area contributed by atoms with E-state index >= 15 is 0 Å². The van der Waals surface area contributed by atoms with Gasteiger partial charge in [0.1, 0.15) is 5.78 Å². The van der Waals surface area contributed by atoms with Gasteiger partial charge in [0.25, 0.3) is 0 Å². The summed E-state index contributed by atoms with van der Waals surface area (Å²) in [7, 11) is 0. The zero-order valence-electron chi connectivity index (χ0n) is 11.4. The molecule has 3 heterocycles. The summed E-state index contributed by atoms with van der Waals surface area (Å²) in [4.78, 5) is 14.4. The number of Topliss-reactive ketones (excluding diaryl/α,β-unsaturated/α-hetero) is 1. The lowest BCUT2D eigenvalue weighted by atomic mass is 9.63. The third-order valence-corrected chi connectivity index (χ3v) is 5.70. The van der Waals surface area contributed by atoms with Crippen LogP contribution in [0.1, 0.15) is 36.8 Å². The molecule has 2 fully saturated rings. The van der Waals surface area contributed by atoms with E-state index in [2.05, 4.69) is 17.0 Å². The minimum atomic E-state index is 0.183. The summed E-state index contributed by atoms with van der Waals surface area (Å²) in [6, 6.07) is 4.77. The molecule has 4 aliphatic rings. The van der Waals surface area contributed by atoms with Crippen LogP contribution in [0.5, 0.6) is 11.5 Å². The Hall–Kier alpha value is -1.55. The highest BCUT2D eigenvalue weighted by Crippen LogP contribution is 2.54. The lowest BCUT2D eigenvalue weighted by Gasteiger charge is -2.46. The van der Waals surface area contributed by atoms with E-state index in [0.29, 0.717) is 18.6 Å². The Balaban J connectivity index is 1.70. The van der Waals surface area contributed by atoms with E-state index < -0.39 is 0 Å². The molecule has 1 aromatic rings. The first-order valence-corrected chi connectivity index (χ1v) is 7.45. The van der Waals surface area contributed by atoms with Crippen molar-refractivity contribution in [2.45, 2.75) is 43.7 Å². The molecule has 20 heavy (non-hydrogen) atoms. The van der Waals surface area contributed by atoms with Crippen LogP contribution < -0.4 is 9.47 Å². The van der Waals surface area contributed by atoms with Gasteiger partial charge in [0, 0.05) is 30.8 Å². The van der Waals surface area contributed by atoms with Gasteiger partial charge in [-0.25, -0.2) is 0 Å². The highest BCUT2D eigenvalue weighted by atomic mass is 16.7. The second kappa shape index (κ2) is 3.55. The summed E-state index contributed by atoms with van der Waals surface area (Å²) < 4.78 is 11.1. The molecular formula is C16H17NO3. The number of rotatable bonds is 0. The van der Waals surface area contributed by atoms with Crippen LogP contribution in [0, 0.1) is 0 Å². The van der Waals surface area contributed by atoms with Gasteiger partial charge in [-0.15, -0.1) is 0 Å². The smallest absolute Gasteiger partial charge is 0.231 e. The number of benzene rings is 1. The average Bonchev–Trinajstić information content (AvgIpc) is 3.00. The fraction of sp³-hybridized carbons (Fsp3) is 0.562. The Morgan fingerprint density at radius 2 is 2.05 bits per heavy atom. The van der Waals surface area contributed by atoms with Crippen LogP contribution in [-0.4, -0.2) is 30.1 Å². The lowest BCUT2D eigenvalue weighted by Crippen LogP contribution is -2.50. The molecule has 0 spiro atoms. The molecule has 3 unspecified atom stereocenters. The van der Waals surface area contributed by atoms with E-state index in [1.165, 1.54) is 17.5 Å². The second-order valence-corrected chi connectivity index (χ2v) is 6.50. The molecule has 0 amide bonds. The summed E-state index contributed by atoms with van der Waals surface area (Å²) in [5, 5.41) is 0. The molecule has 4 nitrogen and oxygen atoms in total. The van der Waals surface area contributed by atoms with Crippen molar-refractivity contribution in [3.05, 3.63) is 23.3 Å². The molecule has 3 aliphatic heterocycles. The van der Waals surface area contributed by atoms with Crippen LogP contribution in [0.25, 0.3) is 0 Å². The van der Waals surface area contributed by atoms with E-state index in [4.69, 9.17) is 9.47 Å². The number of ketones is 1. The molecule has 3 atom stereocenters. The average molecular weight is 271 g/mol. The highest BCUT2D eigenvalue weighted by Gasteiger charge is 2.54. The number of fused-ring (bicyclic) bond motifs is 2. The number of nitrogens with zero attached hydrogens (tertiary/aromatic N) is 1. The summed E-state index contributed by atoms with van der Waals surface area (Å²) in [5.74, 6) is 2.20. The van der Waals surface area contributed by atoms with Gasteiger partial charge < -0.3 is 9.47 Å². The van der Waals surface area contributed by atoms with Crippen LogP contribution in [0.15, 0.2) is 12.1 Å². The zero-order valence-corrected chi connectivity index (χ0v) is 11.4. The standard InChI is InChI=1S/C16H17NO3/c18-11-1-2-16-3-4-17(15(16)6-11)8-10-5-13-14(7-12(10)16)20-9-19-13/h5,7,15H,1-4,6,8-9H2. The Morgan fingerprint density at radius 1 is 1.20 bits per heavy atom. The predicted molar refractivity (Wildman–Crippen MR) is 71.9 cm³/mol. The summed E-state index contributed by atoms with van der Waals surface area (Å²) in [6.07, 6.45) is 3.64. The van der Waals surface area contributed by atoms with Crippen LogP contribution in [-0.2, 0) is 16.8 Å². The van der Waals surface area contributed by atoms with Crippen molar-refractivity contribution in [3.63, 3.8) is 0 Å². The fourth-order valence-electron chi connectivity index (χ4n) is 4.75. The molecule has 1 saturated heterocycles. The minimum Gasteiger partial charge on any atom is -0.454 e. The zero-order chi connectivity index (χ0) is 13.3. The predicted octanol–water partition coefficient (Wildman–Crippen LogP) is 1.99. The second-order valence-electron chi connectivity index (χ2n) is 6.50. The lowest BCUT2D eigenvalue weighted by molar-refractivity contribution is -0.123. The highest BCUT2D eigenvalue weighted by molar-refractivity contribution is 5.81. The molecule has 5 rings (SSSR count). The van der Waals surface area contributed by atoms with E-state index in [-0.39, 0.29) is 5.41 Å². The third-order valence-electron chi connectivity index (χ3n) is 5.70. The van der Waals surface area contributed by atoms with Crippen molar-refractivity contribution < 1.29 is 14.3 Å². The minimum absolute atomic E-state index is 0.183. The topological polar surface area (TPSA) is 38.8 Å². The van der Waals surface area contributed by atoms with Gasteiger partial charge in [0.05, 0.1) is 0 Å². The molecule has 1 aliphatic carbocycles. The van der Waals surface area contributed by atoms with Crippen molar-refractivity contribution in [3.8, 4) is 11.5 Å². The van der Waals surface area contributed by atoms with Crippen LogP contribution in [0.2, 0.25) is 0 Å². The number of ether oxygens (including phenoxy) is 2. The molecule has 0 N–H and O–H groups in total. The Labute approximate surface area is 117 Å². The van der Waals surface area contributed by atoms with E-state index in [1.54, 1.807) is 0 Å². The Morgan fingerprint density at radius 3 is 2.95 bits per heavy atom. The van der Waals surface area contributed by atoms with Crippen LogP contribution in [0.4, 0.5) is 0 Å². The molecule has 4 heteroatoms. The van der Waals surface area contributed by atoms with Gasteiger partial charge >= 0.3 is 0 Å². The normalized spacial score (nSPS) is 36.7. The fourth-order valence-corrected chi connectivity index (χ4v) is 4.75. The van der Waals surface area contributed by atoms with Crippen molar-refractivity contribution in [2.75, 3.05) is 13.3 Å². The molecule has 0 aromatic heterocycles. The molecule has 1 saturated carbocycles. The van der Waals surface area contributed by atoms with Crippen molar-refractivity contribution in [1.29, 1.82) is 0 Å². The Bertz CT molecular complexity index is 626. The van der Waals surface area contributed by atoms with E-state index in [9.17, 15) is 4.79 Å². The number of hydrogen-bond acceptors (Lipinski definition) is 4. The molecule has 0 radical (unpaired) electrons. The SMILES string of the molecule is O=C1CCC23CCN(Cc4cc5c(cc42)OCO5)C3C1. The van der Waals surface area contributed by atoms with Crippen molar-refractivity contribution in [1.82, 2.24) is 4.90 Å². The van der Waals surface area contributed by atoms with Crippen LogP contribution >= 0.6 is 0 Å². The third kappa shape index (κ3) is 1.23. The molecule has 1 aromatic carbocycles. The van der Waals surface area contributed by atoms with Gasteiger partial charge in [0.2, 0.25) is 6.79 Å². The maximum absolute atomic E-state index is 11.9. The largest absolute Gasteiger partial charge is 0.454 e. The first-order chi connectivity index (χ1) is 9.76. The van der Waals surface area contributed by atoms with Gasteiger partial charge in [-0.2, -0.15) is 0 Å². The molecule has 104 valence electrons. The first kappa shape index (κ1) is 11.1. The van der Waals surface area contributed by atoms with Gasteiger partial charge in [-0.1, -0.05) is 0 Å². The van der Waals surface area contributed by atoms with Gasteiger partial charge in [0.15, 0.2) is 11.5 Å². The van der Waals surface area contributed by atoms with Gasteiger partial charge in [-0.05, 0) is 42.6 Å². The molecule has 2 bridgehead atoms. The maximum Gasteiger partial charge on any atom is 0.231 e. The monoisotopic (exact) mass is 271 g/mol.